The molecule has 2 aliphatic rings. The minimum absolute atomic E-state index is 1.21. The summed E-state index contributed by atoms with van der Waals surface area (Å²) in [5, 5.41) is 0. The Labute approximate surface area is 68.3 Å². The summed E-state index contributed by atoms with van der Waals surface area (Å²) < 4.78 is 0. The molecule has 0 saturated heterocycles. The Bertz CT molecular complexity index is 241. The van der Waals surface area contributed by atoms with Crippen molar-refractivity contribution in [2.45, 2.75) is 32.1 Å². The van der Waals surface area contributed by atoms with Crippen molar-refractivity contribution in [1.29, 1.82) is 0 Å². The van der Waals surface area contributed by atoms with Gasteiger partial charge in [0, 0.05) is 0 Å². The van der Waals surface area contributed by atoms with Gasteiger partial charge in [-0.15, -0.1) is 0 Å². The third-order valence-corrected chi connectivity index (χ3v) is 2.62. The van der Waals surface area contributed by atoms with Gasteiger partial charge in [0.15, 0.2) is 0 Å². The van der Waals surface area contributed by atoms with E-state index in [1.807, 2.05) is 0 Å². The molecular weight excluding hydrogens is 132 g/mol. The van der Waals surface area contributed by atoms with Gasteiger partial charge in [-0.25, -0.2) is 0 Å². The highest BCUT2D eigenvalue weighted by atomic mass is 14.2. The second-order valence-electron chi connectivity index (χ2n) is 3.42. The molecule has 58 valence electrons. The Kier molecular flexibility index (Phi) is 1.69. The fourth-order valence-corrected chi connectivity index (χ4v) is 1.99. The Morgan fingerprint density at radius 1 is 1.18 bits per heavy atom. The normalized spacial score (nSPS) is 23.8. The molecule has 0 unspecified atom stereocenters. The second kappa shape index (κ2) is 2.69. The lowest BCUT2D eigenvalue weighted by molar-refractivity contribution is 0.724. The number of rotatable bonds is 0. The summed E-state index contributed by atoms with van der Waals surface area (Å²) >= 11 is 0. The maximum Gasteiger partial charge on any atom is -0.0241 e. The molecule has 0 heteroatoms. The van der Waals surface area contributed by atoms with Crippen LogP contribution in [0.15, 0.2) is 35.5 Å². The monoisotopic (exact) mass is 146 g/mol. The van der Waals surface area contributed by atoms with E-state index in [1.165, 1.54) is 43.3 Å². The zero-order valence-corrected chi connectivity index (χ0v) is 6.90. The van der Waals surface area contributed by atoms with Crippen LogP contribution in [0.5, 0.6) is 0 Å². The van der Waals surface area contributed by atoms with Crippen molar-refractivity contribution >= 4 is 0 Å². The van der Waals surface area contributed by atoms with Crippen molar-refractivity contribution in [3.05, 3.63) is 35.5 Å². The molecule has 11 heavy (non-hydrogen) atoms. The summed E-state index contributed by atoms with van der Waals surface area (Å²) in [7, 11) is 0. The first-order valence-electron chi connectivity index (χ1n) is 4.44. The Balaban J connectivity index is 2.35. The van der Waals surface area contributed by atoms with Gasteiger partial charge >= 0.3 is 0 Å². The quantitative estimate of drug-likeness (QED) is 0.491. The average Bonchev–Trinajstić information content (AvgIpc) is 2.06. The summed E-state index contributed by atoms with van der Waals surface area (Å²) in [4.78, 5) is 0. The van der Waals surface area contributed by atoms with Gasteiger partial charge in [0.1, 0.15) is 0 Å². The molecule has 0 heterocycles. The van der Waals surface area contributed by atoms with E-state index in [0.29, 0.717) is 0 Å². The number of hydrogen-bond donors (Lipinski definition) is 0. The number of hydrogen-bond acceptors (Lipinski definition) is 0. The SMILES string of the molecule is C=C1CCCC2=C1C=CCC2. The van der Waals surface area contributed by atoms with Gasteiger partial charge in [0.05, 0.1) is 0 Å². The molecule has 2 rings (SSSR count). The van der Waals surface area contributed by atoms with Crippen molar-refractivity contribution in [1.82, 2.24) is 0 Å². The summed E-state index contributed by atoms with van der Waals surface area (Å²) in [5.74, 6) is 0. The van der Waals surface area contributed by atoms with E-state index in [9.17, 15) is 0 Å². The molecule has 2 aliphatic carbocycles. The molecule has 0 aliphatic heterocycles. The fraction of sp³-hybridized carbons (Fsp3) is 0.455. The highest BCUT2D eigenvalue weighted by molar-refractivity contribution is 5.45. The van der Waals surface area contributed by atoms with Crippen LogP contribution in [0, 0.1) is 0 Å². The molecule has 0 atom stereocenters. The summed E-state index contributed by atoms with van der Waals surface area (Å²) in [6.07, 6.45) is 10.9. The Morgan fingerprint density at radius 3 is 2.91 bits per heavy atom. The standard InChI is InChI=1S/C11H14/c1-9-5-4-7-10-6-2-3-8-11(9)10/h3,8H,1-2,4-7H2. The molecule has 0 fully saturated rings. The van der Waals surface area contributed by atoms with E-state index >= 15 is 0 Å². The minimum atomic E-state index is 1.21. The van der Waals surface area contributed by atoms with Crippen LogP contribution in [-0.4, -0.2) is 0 Å². The van der Waals surface area contributed by atoms with Crippen LogP contribution in [0.25, 0.3) is 0 Å². The fourth-order valence-electron chi connectivity index (χ4n) is 1.99. The first-order valence-corrected chi connectivity index (χ1v) is 4.44. The Hall–Kier alpha value is -0.780. The van der Waals surface area contributed by atoms with Crippen LogP contribution in [0.1, 0.15) is 32.1 Å². The van der Waals surface area contributed by atoms with E-state index in [0.717, 1.165) is 0 Å². The lowest BCUT2D eigenvalue weighted by Gasteiger charge is -2.22. The molecule has 0 saturated carbocycles. The van der Waals surface area contributed by atoms with E-state index in [-0.39, 0.29) is 0 Å². The largest absolute Gasteiger partial charge is 0.0952 e. The molecule has 0 nitrogen and oxygen atoms in total. The highest BCUT2D eigenvalue weighted by Gasteiger charge is 2.14. The first kappa shape index (κ1) is 6.90. The maximum atomic E-state index is 4.09. The lowest BCUT2D eigenvalue weighted by atomic mass is 9.83. The predicted molar refractivity (Wildman–Crippen MR) is 48.4 cm³/mol. The van der Waals surface area contributed by atoms with Gasteiger partial charge in [-0.2, -0.15) is 0 Å². The van der Waals surface area contributed by atoms with Gasteiger partial charge in [-0.3, -0.25) is 0 Å². The topological polar surface area (TPSA) is 0 Å². The van der Waals surface area contributed by atoms with Crippen molar-refractivity contribution < 1.29 is 0 Å². The van der Waals surface area contributed by atoms with Crippen molar-refractivity contribution in [3.8, 4) is 0 Å². The first-order chi connectivity index (χ1) is 5.38. The van der Waals surface area contributed by atoms with Crippen molar-refractivity contribution in [2.75, 3.05) is 0 Å². The van der Waals surface area contributed by atoms with Crippen molar-refractivity contribution in [2.24, 2.45) is 0 Å². The van der Waals surface area contributed by atoms with Gasteiger partial charge in [-0.1, -0.05) is 24.3 Å². The molecule has 0 bridgehead atoms. The van der Waals surface area contributed by atoms with Gasteiger partial charge in [0.2, 0.25) is 0 Å². The third-order valence-electron chi connectivity index (χ3n) is 2.62. The summed E-state index contributed by atoms with van der Waals surface area (Å²) in [6.45, 7) is 4.09. The lowest BCUT2D eigenvalue weighted by Crippen LogP contribution is -2.03. The zero-order chi connectivity index (χ0) is 7.68. The van der Waals surface area contributed by atoms with E-state index in [4.69, 9.17) is 0 Å². The predicted octanol–water partition coefficient (Wildman–Crippen LogP) is 3.37. The highest BCUT2D eigenvalue weighted by Crippen LogP contribution is 2.34. The van der Waals surface area contributed by atoms with Gasteiger partial charge in [-0.05, 0) is 43.3 Å². The molecule has 0 radical (unpaired) electrons. The maximum absolute atomic E-state index is 4.09. The van der Waals surface area contributed by atoms with Crippen LogP contribution in [0.2, 0.25) is 0 Å². The van der Waals surface area contributed by atoms with Crippen LogP contribution in [0.3, 0.4) is 0 Å². The number of allylic oxidation sites excluding steroid dienone is 5. The Morgan fingerprint density at radius 2 is 2.09 bits per heavy atom. The smallest absolute Gasteiger partial charge is 0.0241 e. The molecule has 0 amide bonds. The molecule has 0 aromatic rings. The zero-order valence-electron chi connectivity index (χ0n) is 6.90. The van der Waals surface area contributed by atoms with Crippen LogP contribution in [-0.2, 0) is 0 Å². The van der Waals surface area contributed by atoms with Crippen molar-refractivity contribution in [3.63, 3.8) is 0 Å². The third kappa shape index (κ3) is 1.18. The molecule has 0 N–H and O–H groups in total. The molecule has 0 aromatic carbocycles. The van der Waals surface area contributed by atoms with Crippen LogP contribution < -0.4 is 0 Å². The van der Waals surface area contributed by atoms with Gasteiger partial charge in [0.25, 0.3) is 0 Å². The van der Waals surface area contributed by atoms with E-state index in [2.05, 4.69) is 18.7 Å². The average molecular weight is 146 g/mol. The summed E-state index contributed by atoms with van der Waals surface area (Å²) in [6, 6.07) is 0. The summed E-state index contributed by atoms with van der Waals surface area (Å²) in [5.41, 5.74) is 4.49. The molecule has 0 aromatic heterocycles. The van der Waals surface area contributed by atoms with Crippen LogP contribution in [0.4, 0.5) is 0 Å². The molecule has 0 spiro atoms. The van der Waals surface area contributed by atoms with Crippen LogP contribution >= 0.6 is 0 Å². The van der Waals surface area contributed by atoms with E-state index < -0.39 is 0 Å². The minimum Gasteiger partial charge on any atom is -0.0952 e. The molecular formula is C11H14. The van der Waals surface area contributed by atoms with Gasteiger partial charge < -0.3 is 0 Å². The van der Waals surface area contributed by atoms with E-state index in [1.54, 1.807) is 5.57 Å². The second-order valence-corrected chi connectivity index (χ2v) is 3.42.